The zero-order chi connectivity index (χ0) is 21.2. The van der Waals surface area contributed by atoms with Crippen LogP contribution in [0.15, 0.2) is 42.5 Å². The minimum Gasteiger partial charge on any atom is -0.309 e. The number of nitrogens with zero attached hydrogens (tertiary/aromatic N) is 3. The molecule has 0 N–H and O–H groups in total. The molecule has 0 aliphatic rings. The number of aryl methyl sites for hydroxylation is 1. The zero-order valence-electron chi connectivity index (χ0n) is 18.7. The van der Waals surface area contributed by atoms with Crippen LogP contribution in [-0.2, 0) is 5.41 Å². The molecule has 0 spiro atoms. The van der Waals surface area contributed by atoms with Gasteiger partial charge in [-0.2, -0.15) is 0 Å². The summed E-state index contributed by atoms with van der Waals surface area (Å²) in [7, 11) is 4.11. The Morgan fingerprint density at radius 3 is 2.30 bits per heavy atom. The summed E-state index contributed by atoms with van der Waals surface area (Å²) in [5, 5.41) is 0.772. The van der Waals surface area contributed by atoms with Crippen LogP contribution in [0.2, 0.25) is 0 Å². The first-order chi connectivity index (χ1) is 13.6. The second-order valence-electron chi connectivity index (χ2n) is 8.91. The molecule has 1 amide bonds. The van der Waals surface area contributed by atoms with Gasteiger partial charge in [-0.15, -0.1) is 12.4 Å². The molecule has 1 aromatic heterocycles. The van der Waals surface area contributed by atoms with Crippen molar-refractivity contribution in [2.24, 2.45) is 0 Å². The van der Waals surface area contributed by atoms with Gasteiger partial charge >= 0.3 is 0 Å². The summed E-state index contributed by atoms with van der Waals surface area (Å²) < 4.78 is 1.12. The molecule has 0 atom stereocenters. The molecule has 2 aromatic carbocycles. The van der Waals surface area contributed by atoms with Gasteiger partial charge in [-0.1, -0.05) is 50.3 Å². The van der Waals surface area contributed by atoms with Crippen LogP contribution < -0.4 is 4.90 Å². The van der Waals surface area contributed by atoms with Crippen LogP contribution in [0.1, 0.15) is 48.7 Å². The van der Waals surface area contributed by atoms with Gasteiger partial charge < -0.3 is 4.90 Å². The van der Waals surface area contributed by atoms with E-state index >= 15 is 0 Å². The van der Waals surface area contributed by atoms with Crippen molar-refractivity contribution in [2.45, 2.75) is 39.5 Å². The number of carbonyl (C=O) groups is 1. The monoisotopic (exact) mass is 445 g/mol. The smallest absolute Gasteiger partial charge is 0.260 e. The van der Waals surface area contributed by atoms with Gasteiger partial charge in [0.2, 0.25) is 0 Å². The third kappa shape index (κ3) is 5.81. The zero-order valence-corrected chi connectivity index (χ0v) is 20.4. The molecule has 0 fully saturated rings. The number of hydrogen-bond donors (Lipinski definition) is 0. The Bertz CT molecular complexity index is 990. The molecule has 30 heavy (non-hydrogen) atoms. The van der Waals surface area contributed by atoms with Crippen molar-refractivity contribution in [2.75, 3.05) is 32.1 Å². The molecule has 4 nitrogen and oxygen atoms in total. The van der Waals surface area contributed by atoms with E-state index in [4.69, 9.17) is 4.98 Å². The highest BCUT2D eigenvalue weighted by atomic mass is 35.5. The third-order valence-electron chi connectivity index (χ3n) is 4.99. The first-order valence-corrected chi connectivity index (χ1v) is 10.9. The largest absolute Gasteiger partial charge is 0.309 e. The van der Waals surface area contributed by atoms with Crippen LogP contribution in [0.4, 0.5) is 5.13 Å². The summed E-state index contributed by atoms with van der Waals surface area (Å²) in [4.78, 5) is 22.2. The van der Waals surface area contributed by atoms with Gasteiger partial charge in [0, 0.05) is 12.1 Å². The van der Waals surface area contributed by atoms with Gasteiger partial charge in [-0.25, -0.2) is 4.98 Å². The lowest BCUT2D eigenvalue weighted by Crippen LogP contribution is -2.33. The molecule has 162 valence electrons. The van der Waals surface area contributed by atoms with Gasteiger partial charge in [0.05, 0.1) is 10.2 Å². The highest BCUT2D eigenvalue weighted by molar-refractivity contribution is 7.22. The maximum Gasteiger partial charge on any atom is 0.260 e. The molecule has 3 aromatic rings. The van der Waals surface area contributed by atoms with Crippen LogP contribution >= 0.6 is 23.7 Å². The number of fused-ring (bicyclic) bond motifs is 1. The number of benzene rings is 2. The van der Waals surface area contributed by atoms with Crippen molar-refractivity contribution in [3.05, 3.63) is 59.2 Å². The molecule has 3 rings (SSSR count). The van der Waals surface area contributed by atoms with Crippen molar-refractivity contribution in [1.82, 2.24) is 9.88 Å². The summed E-state index contributed by atoms with van der Waals surface area (Å²) >= 11 is 1.59. The Morgan fingerprint density at radius 2 is 1.70 bits per heavy atom. The summed E-state index contributed by atoms with van der Waals surface area (Å²) in [5.74, 6) is 0.0139. The number of anilines is 1. The van der Waals surface area contributed by atoms with Crippen molar-refractivity contribution >= 4 is 45.0 Å². The van der Waals surface area contributed by atoms with Crippen molar-refractivity contribution in [3.63, 3.8) is 0 Å². The van der Waals surface area contributed by atoms with Crippen LogP contribution in [0.5, 0.6) is 0 Å². The number of amides is 1. The molecule has 0 aliphatic heterocycles. The van der Waals surface area contributed by atoms with Gasteiger partial charge in [0.25, 0.3) is 5.91 Å². The maximum absolute atomic E-state index is 13.4. The lowest BCUT2D eigenvalue weighted by molar-refractivity contribution is 0.0986. The average molecular weight is 446 g/mol. The van der Waals surface area contributed by atoms with E-state index in [9.17, 15) is 4.79 Å². The third-order valence-corrected chi connectivity index (χ3v) is 6.03. The summed E-state index contributed by atoms with van der Waals surface area (Å²) in [6, 6.07) is 14.2. The molecule has 0 radical (unpaired) electrons. The minimum atomic E-state index is 0. The quantitative estimate of drug-likeness (QED) is 0.472. The number of rotatable bonds is 6. The number of hydrogen-bond acceptors (Lipinski definition) is 4. The Balaban J connectivity index is 0.00000320. The fourth-order valence-corrected chi connectivity index (χ4v) is 4.32. The van der Waals surface area contributed by atoms with Crippen LogP contribution in [-0.4, -0.2) is 43.0 Å². The van der Waals surface area contributed by atoms with Gasteiger partial charge in [-0.3, -0.25) is 9.69 Å². The number of aromatic nitrogens is 1. The molecular formula is C24H32ClN3OS. The van der Waals surface area contributed by atoms with E-state index in [2.05, 4.69) is 71.0 Å². The predicted molar refractivity (Wildman–Crippen MR) is 132 cm³/mol. The summed E-state index contributed by atoms with van der Waals surface area (Å²) in [6.45, 7) is 10.2. The minimum absolute atomic E-state index is 0. The summed E-state index contributed by atoms with van der Waals surface area (Å²) in [5.41, 5.74) is 4.15. The second-order valence-corrected chi connectivity index (χ2v) is 9.92. The fraction of sp³-hybridized carbons (Fsp3) is 0.417. The predicted octanol–water partition coefficient (Wildman–Crippen LogP) is 5.92. The first-order valence-electron chi connectivity index (χ1n) is 10.1. The van der Waals surface area contributed by atoms with E-state index in [1.807, 2.05) is 23.1 Å². The van der Waals surface area contributed by atoms with E-state index in [1.165, 1.54) is 11.1 Å². The lowest BCUT2D eigenvalue weighted by Gasteiger charge is -2.22. The fourth-order valence-electron chi connectivity index (χ4n) is 3.23. The van der Waals surface area contributed by atoms with Gasteiger partial charge in [0.1, 0.15) is 0 Å². The molecule has 0 aliphatic carbocycles. The maximum atomic E-state index is 13.4. The van der Waals surface area contributed by atoms with E-state index in [0.717, 1.165) is 28.3 Å². The molecular weight excluding hydrogens is 414 g/mol. The van der Waals surface area contributed by atoms with Crippen LogP contribution in [0.3, 0.4) is 0 Å². The van der Waals surface area contributed by atoms with Crippen molar-refractivity contribution in [1.29, 1.82) is 0 Å². The lowest BCUT2D eigenvalue weighted by atomic mass is 9.86. The van der Waals surface area contributed by atoms with Gasteiger partial charge in [0.15, 0.2) is 5.13 Å². The first kappa shape index (κ1) is 24.3. The second kappa shape index (κ2) is 9.90. The van der Waals surface area contributed by atoms with Crippen LogP contribution in [0, 0.1) is 6.92 Å². The molecule has 6 heteroatoms. The summed E-state index contributed by atoms with van der Waals surface area (Å²) in [6.07, 6.45) is 0.897. The normalized spacial score (nSPS) is 11.6. The van der Waals surface area contributed by atoms with E-state index in [1.54, 1.807) is 11.3 Å². The molecule has 0 saturated carbocycles. The Labute approximate surface area is 190 Å². The highest BCUT2D eigenvalue weighted by Gasteiger charge is 2.22. The molecule has 0 unspecified atom stereocenters. The number of carbonyl (C=O) groups excluding carboxylic acids is 1. The Morgan fingerprint density at radius 1 is 1.03 bits per heavy atom. The van der Waals surface area contributed by atoms with Crippen molar-refractivity contribution < 1.29 is 4.79 Å². The standard InChI is InChI=1S/C24H31N3OS.ClH/c1-17-8-13-20-21(16-17)29-23(25-20)27(15-7-14-26(5)6)22(28)18-9-11-19(12-10-18)24(2,3)4;/h8-13,16H,7,14-15H2,1-6H3;1H. The van der Waals surface area contributed by atoms with Crippen LogP contribution in [0.25, 0.3) is 10.2 Å². The van der Waals surface area contributed by atoms with E-state index in [-0.39, 0.29) is 23.7 Å². The molecule has 1 heterocycles. The van der Waals surface area contributed by atoms with Gasteiger partial charge in [-0.05, 0) is 74.8 Å². The highest BCUT2D eigenvalue weighted by Crippen LogP contribution is 2.31. The van der Waals surface area contributed by atoms with Crippen molar-refractivity contribution in [3.8, 4) is 0 Å². The number of halogens is 1. The SMILES string of the molecule is Cc1ccc2nc(N(CCCN(C)C)C(=O)c3ccc(C(C)(C)C)cc3)sc2c1.Cl. The Kier molecular flexibility index (Phi) is 8.03. The van der Waals surface area contributed by atoms with E-state index in [0.29, 0.717) is 12.1 Å². The Hall–Kier alpha value is -1.95. The average Bonchev–Trinajstić information content (AvgIpc) is 3.06. The molecule has 0 saturated heterocycles. The topological polar surface area (TPSA) is 36.4 Å². The van der Waals surface area contributed by atoms with E-state index < -0.39 is 0 Å². The number of thiazole rings is 1. The molecule has 0 bridgehead atoms.